The first-order chi connectivity index (χ1) is 12.7. The molecule has 0 aliphatic rings. The van der Waals surface area contributed by atoms with Crippen LogP contribution >= 0.6 is 0 Å². The third kappa shape index (κ3) is 2.81. The maximum absolute atomic E-state index is 12.9. The van der Waals surface area contributed by atoms with Gasteiger partial charge in [-0.3, -0.25) is 9.89 Å². The van der Waals surface area contributed by atoms with E-state index in [1.807, 2.05) is 31.2 Å². The Morgan fingerprint density at radius 1 is 1.27 bits per heavy atom. The largest absolute Gasteiger partial charge is 0.494 e. The van der Waals surface area contributed by atoms with Gasteiger partial charge >= 0.3 is 0 Å². The van der Waals surface area contributed by atoms with Crippen LogP contribution in [0.4, 0.5) is 0 Å². The Morgan fingerprint density at radius 3 is 2.85 bits per heavy atom. The molecule has 0 fully saturated rings. The number of aromatic amines is 3. The molecule has 0 spiro atoms. The lowest BCUT2D eigenvalue weighted by Gasteiger charge is -2.15. The fraction of sp³-hybridized carbons (Fsp3) is 0.167. The van der Waals surface area contributed by atoms with Crippen molar-refractivity contribution in [2.45, 2.75) is 19.4 Å². The van der Waals surface area contributed by atoms with E-state index in [4.69, 9.17) is 0 Å². The number of hydrogen-bond acceptors (Lipinski definition) is 4. The number of fused-ring (bicyclic) bond motifs is 1. The van der Waals surface area contributed by atoms with Crippen molar-refractivity contribution in [3.63, 3.8) is 0 Å². The van der Waals surface area contributed by atoms with Crippen LogP contribution in [0.25, 0.3) is 22.3 Å². The SMILES string of the molecule is CCC(NC(=O)c1cccc2[nH]c(-c3cc[nH]n3)cc12)c1cc(O)[nH]n1. The number of carbonyl (C=O) groups is 1. The molecule has 0 aliphatic heterocycles. The Balaban J connectivity index is 1.66. The van der Waals surface area contributed by atoms with Crippen LogP contribution in [0.3, 0.4) is 0 Å². The van der Waals surface area contributed by atoms with E-state index >= 15 is 0 Å². The summed E-state index contributed by atoms with van der Waals surface area (Å²) < 4.78 is 0. The highest BCUT2D eigenvalue weighted by Crippen LogP contribution is 2.26. The maximum atomic E-state index is 12.9. The topological polar surface area (TPSA) is 122 Å². The van der Waals surface area contributed by atoms with Crippen molar-refractivity contribution in [1.29, 1.82) is 0 Å². The fourth-order valence-corrected chi connectivity index (χ4v) is 3.03. The number of nitrogens with one attached hydrogen (secondary N) is 4. The van der Waals surface area contributed by atoms with Crippen molar-refractivity contribution in [2.75, 3.05) is 0 Å². The summed E-state index contributed by atoms with van der Waals surface area (Å²) in [6.45, 7) is 1.95. The summed E-state index contributed by atoms with van der Waals surface area (Å²) in [4.78, 5) is 16.1. The third-order valence-corrected chi connectivity index (χ3v) is 4.34. The van der Waals surface area contributed by atoms with Gasteiger partial charge in [0, 0.05) is 28.7 Å². The van der Waals surface area contributed by atoms with Crippen molar-refractivity contribution < 1.29 is 9.90 Å². The molecule has 0 aliphatic carbocycles. The van der Waals surface area contributed by atoms with E-state index in [0.717, 1.165) is 22.3 Å². The van der Waals surface area contributed by atoms with Crippen molar-refractivity contribution in [1.82, 2.24) is 30.7 Å². The number of benzene rings is 1. The van der Waals surface area contributed by atoms with Crippen LogP contribution in [0.1, 0.15) is 35.4 Å². The highest BCUT2D eigenvalue weighted by atomic mass is 16.3. The quantitative estimate of drug-likeness (QED) is 0.380. The highest BCUT2D eigenvalue weighted by molar-refractivity contribution is 6.07. The molecule has 4 rings (SSSR count). The van der Waals surface area contributed by atoms with E-state index in [-0.39, 0.29) is 17.8 Å². The zero-order valence-electron chi connectivity index (χ0n) is 14.1. The molecule has 1 amide bonds. The minimum Gasteiger partial charge on any atom is -0.494 e. The molecule has 4 aromatic rings. The molecule has 8 heteroatoms. The first-order valence-corrected chi connectivity index (χ1v) is 8.32. The summed E-state index contributed by atoms with van der Waals surface area (Å²) in [6, 6.07) is 10.5. The molecule has 1 aromatic carbocycles. The van der Waals surface area contributed by atoms with E-state index in [1.54, 1.807) is 12.3 Å². The van der Waals surface area contributed by atoms with Crippen LogP contribution in [0.5, 0.6) is 5.88 Å². The Bertz CT molecular complexity index is 1050. The lowest BCUT2D eigenvalue weighted by Crippen LogP contribution is -2.28. The second-order valence-electron chi connectivity index (χ2n) is 6.02. The molecule has 1 atom stereocenters. The zero-order valence-corrected chi connectivity index (χ0v) is 14.1. The molecule has 1 unspecified atom stereocenters. The molecule has 3 heterocycles. The first-order valence-electron chi connectivity index (χ1n) is 8.32. The normalized spacial score (nSPS) is 12.3. The number of aromatic nitrogens is 5. The number of nitrogens with zero attached hydrogens (tertiary/aromatic N) is 2. The predicted molar refractivity (Wildman–Crippen MR) is 96.6 cm³/mol. The number of carbonyl (C=O) groups excluding carboxylic acids is 1. The number of amides is 1. The molecular weight excluding hydrogens is 332 g/mol. The number of rotatable bonds is 5. The van der Waals surface area contributed by atoms with Crippen LogP contribution in [0, 0.1) is 0 Å². The van der Waals surface area contributed by atoms with Crippen LogP contribution < -0.4 is 5.32 Å². The van der Waals surface area contributed by atoms with Crippen LogP contribution in [-0.2, 0) is 0 Å². The van der Waals surface area contributed by atoms with Crippen LogP contribution in [0.15, 0.2) is 42.6 Å². The van der Waals surface area contributed by atoms with Gasteiger partial charge in [0.2, 0.25) is 5.88 Å². The molecule has 0 saturated carbocycles. The van der Waals surface area contributed by atoms with Crippen molar-refractivity contribution in [3.05, 3.63) is 53.9 Å². The Labute approximate surface area is 148 Å². The second-order valence-corrected chi connectivity index (χ2v) is 6.02. The number of aromatic hydroxyl groups is 1. The lowest BCUT2D eigenvalue weighted by molar-refractivity contribution is 0.0936. The average Bonchev–Trinajstić information content (AvgIpc) is 3.38. The molecule has 8 nitrogen and oxygen atoms in total. The Hall–Kier alpha value is -3.55. The molecule has 0 radical (unpaired) electrons. The van der Waals surface area contributed by atoms with Gasteiger partial charge in [-0.15, -0.1) is 0 Å². The third-order valence-electron chi connectivity index (χ3n) is 4.34. The van der Waals surface area contributed by atoms with Gasteiger partial charge in [0.05, 0.1) is 17.4 Å². The van der Waals surface area contributed by atoms with Crippen molar-refractivity contribution >= 4 is 16.8 Å². The predicted octanol–water partition coefficient (Wildman–Crippen LogP) is 2.87. The Morgan fingerprint density at radius 2 is 2.15 bits per heavy atom. The second kappa shape index (κ2) is 6.40. The van der Waals surface area contributed by atoms with Gasteiger partial charge in [-0.2, -0.15) is 10.2 Å². The zero-order chi connectivity index (χ0) is 18.1. The van der Waals surface area contributed by atoms with E-state index in [2.05, 4.69) is 30.7 Å². The van der Waals surface area contributed by atoms with E-state index in [1.165, 1.54) is 6.07 Å². The summed E-state index contributed by atoms with van der Waals surface area (Å²) in [7, 11) is 0. The fourth-order valence-electron chi connectivity index (χ4n) is 3.03. The summed E-state index contributed by atoms with van der Waals surface area (Å²) in [5.74, 6) is -0.221. The molecule has 3 aromatic heterocycles. The molecule has 0 bridgehead atoms. The molecule has 5 N–H and O–H groups in total. The minimum atomic E-state index is -0.292. The summed E-state index contributed by atoms with van der Waals surface area (Å²) in [5.41, 5.74) is 3.65. The molecule has 0 saturated heterocycles. The first kappa shape index (κ1) is 15.9. The van der Waals surface area contributed by atoms with Gasteiger partial charge in [0.25, 0.3) is 5.91 Å². The van der Waals surface area contributed by atoms with E-state index in [9.17, 15) is 9.90 Å². The average molecular weight is 350 g/mol. The monoisotopic (exact) mass is 350 g/mol. The molecule has 132 valence electrons. The summed E-state index contributed by atoms with van der Waals surface area (Å²) in [5, 5.41) is 26.7. The van der Waals surface area contributed by atoms with Gasteiger partial charge in [-0.05, 0) is 30.7 Å². The van der Waals surface area contributed by atoms with E-state index < -0.39 is 0 Å². The minimum absolute atomic E-state index is 0.0240. The smallest absolute Gasteiger partial charge is 0.252 e. The van der Waals surface area contributed by atoms with Crippen molar-refractivity contribution in [2.24, 2.45) is 0 Å². The van der Waals surface area contributed by atoms with Gasteiger partial charge in [0.15, 0.2) is 0 Å². The molecule has 26 heavy (non-hydrogen) atoms. The van der Waals surface area contributed by atoms with Crippen molar-refractivity contribution in [3.8, 4) is 17.3 Å². The number of hydrogen-bond donors (Lipinski definition) is 5. The van der Waals surface area contributed by atoms with E-state index in [0.29, 0.717) is 17.7 Å². The van der Waals surface area contributed by atoms with Crippen LogP contribution in [0.2, 0.25) is 0 Å². The lowest BCUT2D eigenvalue weighted by atomic mass is 10.1. The highest BCUT2D eigenvalue weighted by Gasteiger charge is 2.19. The van der Waals surface area contributed by atoms with Gasteiger partial charge in [-0.25, -0.2) is 5.10 Å². The summed E-state index contributed by atoms with van der Waals surface area (Å²) >= 11 is 0. The van der Waals surface area contributed by atoms with Crippen LogP contribution in [-0.4, -0.2) is 36.4 Å². The maximum Gasteiger partial charge on any atom is 0.252 e. The standard InChI is InChI=1S/C18H18N6O2/c1-2-12(16-9-17(25)24-23-16)21-18(26)10-4-3-5-13-11(10)8-15(20-13)14-6-7-19-22-14/h3-9,12,20H,2H2,1H3,(H,19,22)(H,21,26)(H2,23,24,25). The summed E-state index contributed by atoms with van der Waals surface area (Å²) in [6.07, 6.45) is 2.40. The molecular formula is C18H18N6O2. The van der Waals surface area contributed by atoms with Gasteiger partial charge in [-0.1, -0.05) is 13.0 Å². The van der Waals surface area contributed by atoms with Gasteiger partial charge in [0.1, 0.15) is 5.69 Å². The number of H-pyrrole nitrogens is 3. The van der Waals surface area contributed by atoms with Gasteiger partial charge < -0.3 is 15.4 Å². The Kier molecular flexibility index (Phi) is 3.92.